The van der Waals surface area contributed by atoms with Crippen LogP contribution in [0.3, 0.4) is 0 Å². The van der Waals surface area contributed by atoms with Gasteiger partial charge in [0.15, 0.2) is 0 Å². The van der Waals surface area contributed by atoms with Gasteiger partial charge in [-0.05, 0) is 37.0 Å². The molecule has 2 nitrogen and oxygen atoms in total. The van der Waals surface area contributed by atoms with Gasteiger partial charge in [-0.25, -0.2) is 0 Å². The Morgan fingerprint density at radius 3 is 2.83 bits per heavy atom. The first-order chi connectivity index (χ1) is 5.66. The molecule has 4 aliphatic carbocycles. The second-order valence-electron chi connectivity index (χ2n) is 5.36. The van der Waals surface area contributed by atoms with Crippen molar-refractivity contribution in [3.05, 3.63) is 0 Å². The summed E-state index contributed by atoms with van der Waals surface area (Å²) >= 11 is 0. The van der Waals surface area contributed by atoms with E-state index in [-0.39, 0.29) is 5.92 Å². The van der Waals surface area contributed by atoms with Gasteiger partial charge in [0.1, 0.15) is 5.78 Å². The van der Waals surface area contributed by atoms with Gasteiger partial charge >= 0.3 is 0 Å². The number of hydrogen-bond donors (Lipinski definition) is 1. The van der Waals surface area contributed by atoms with Crippen LogP contribution in [0.5, 0.6) is 0 Å². The molecule has 0 aliphatic heterocycles. The minimum atomic E-state index is -0.420. The highest BCUT2D eigenvalue weighted by Gasteiger charge is 2.81. The van der Waals surface area contributed by atoms with Crippen molar-refractivity contribution in [2.75, 3.05) is 0 Å². The maximum atomic E-state index is 11.5. The highest BCUT2D eigenvalue weighted by atomic mass is 16.3. The third-order valence-electron chi connectivity index (χ3n) is 5.11. The molecule has 4 saturated carbocycles. The van der Waals surface area contributed by atoms with Crippen molar-refractivity contribution in [2.24, 2.45) is 23.2 Å². The molecule has 0 saturated heterocycles. The fraction of sp³-hybridized carbons (Fsp3) is 0.900. The van der Waals surface area contributed by atoms with Crippen LogP contribution < -0.4 is 0 Å². The highest BCUT2D eigenvalue weighted by Crippen LogP contribution is 2.80. The topological polar surface area (TPSA) is 37.3 Å². The van der Waals surface area contributed by atoms with Crippen molar-refractivity contribution in [3.63, 3.8) is 0 Å². The molecule has 4 aliphatic rings. The molecule has 4 fully saturated rings. The molecule has 0 amide bonds. The largest absolute Gasteiger partial charge is 0.390 e. The molecule has 1 N–H and O–H groups in total. The molecule has 0 radical (unpaired) electrons. The Hall–Kier alpha value is -0.370. The first kappa shape index (κ1) is 6.14. The maximum absolute atomic E-state index is 11.5. The van der Waals surface area contributed by atoms with E-state index in [4.69, 9.17) is 0 Å². The van der Waals surface area contributed by atoms with Crippen LogP contribution in [0.4, 0.5) is 0 Å². The predicted octanol–water partition coefficient (Wildman–Crippen LogP) is 0.736. The molecule has 64 valence electrons. The number of rotatable bonds is 0. The number of carbonyl (C=O) groups excluding carboxylic acids is 1. The fourth-order valence-corrected chi connectivity index (χ4v) is 4.76. The van der Waals surface area contributed by atoms with E-state index in [0.717, 1.165) is 25.7 Å². The fourth-order valence-electron chi connectivity index (χ4n) is 4.76. The lowest BCUT2D eigenvalue weighted by atomic mass is 9.38. The number of Topliss-reactive ketones (excluding diaryl/α,β-unsaturated/α-hetero) is 1. The third-order valence-corrected chi connectivity index (χ3v) is 5.11. The summed E-state index contributed by atoms with van der Waals surface area (Å²) in [5.74, 6) is 1.84. The number of carbonyl (C=O) groups is 1. The van der Waals surface area contributed by atoms with Crippen LogP contribution in [0.25, 0.3) is 0 Å². The lowest BCUT2D eigenvalue weighted by molar-refractivity contribution is -0.190. The van der Waals surface area contributed by atoms with E-state index in [1.807, 2.05) is 0 Å². The van der Waals surface area contributed by atoms with E-state index in [9.17, 15) is 9.90 Å². The molecular formula is C10H12O2. The van der Waals surface area contributed by atoms with Crippen molar-refractivity contribution in [1.82, 2.24) is 0 Å². The smallest absolute Gasteiger partial charge is 0.140 e. The molecule has 2 bridgehead atoms. The lowest BCUT2D eigenvalue weighted by Gasteiger charge is -2.64. The minimum Gasteiger partial charge on any atom is -0.390 e. The Labute approximate surface area is 71.0 Å². The van der Waals surface area contributed by atoms with Gasteiger partial charge in [-0.1, -0.05) is 0 Å². The number of fused-ring (bicyclic) bond motifs is 1. The van der Waals surface area contributed by atoms with E-state index in [0.29, 0.717) is 23.0 Å². The van der Waals surface area contributed by atoms with Crippen LogP contribution in [0, 0.1) is 23.2 Å². The Morgan fingerprint density at radius 1 is 1.33 bits per heavy atom. The highest BCUT2D eigenvalue weighted by molar-refractivity contribution is 5.95. The van der Waals surface area contributed by atoms with Crippen LogP contribution in [0.1, 0.15) is 25.7 Å². The second-order valence-corrected chi connectivity index (χ2v) is 5.36. The van der Waals surface area contributed by atoms with Crippen LogP contribution >= 0.6 is 0 Å². The van der Waals surface area contributed by atoms with Crippen LogP contribution in [0.2, 0.25) is 0 Å². The zero-order chi connectivity index (χ0) is 8.14. The SMILES string of the molecule is O=C1C2CC3CC4(O)CC1C32C4. The molecule has 0 aromatic heterocycles. The number of aliphatic hydroxyl groups is 1. The van der Waals surface area contributed by atoms with Crippen LogP contribution in [-0.4, -0.2) is 16.5 Å². The summed E-state index contributed by atoms with van der Waals surface area (Å²) in [6, 6.07) is 0. The summed E-state index contributed by atoms with van der Waals surface area (Å²) < 4.78 is 0. The van der Waals surface area contributed by atoms with Gasteiger partial charge in [-0.3, -0.25) is 4.79 Å². The van der Waals surface area contributed by atoms with Gasteiger partial charge in [-0.2, -0.15) is 0 Å². The molecule has 0 aromatic carbocycles. The standard InChI is InChI=1S/C10H12O2/c11-8-6-1-5-2-9(12)3-7(8)10(5,6)4-9/h5-7,12H,1-4H2. The molecule has 0 aromatic rings. The summed E-state index contributed by atoms with van der Waals surface area (Å²) in [7, 11) is 0. The first-order valence-corrected chi connectivity index (χ1v) is 4.92. The Morgan fingerprint density at radius 2 is 2.17 bits per heavy atom. The van der Waals surface area contributed by atoms with Gasteiger partial charge in [0, 0.05) is 11.8 Å². The van der Waals surface area contributed by atoms with Crippen molar-refractivity contribution in [2.45, 2.75) is 31.3 Å². The molecule has 12 heavy (non-hydrogen) atoms. The van der Waals surface area contributed by atoms with Gasteiger partial charge in [-0.15, -0.1) is 0 Å². The summed E-state index contributed by atoms with van der Waals surface area (Å²) in [6.45, 7) is 0. The summed E-state index contributed by atoms with van der Waals surface area (Å²) in [5.41, 5.74) is -0.0813. The normalized spacial score (nSPS) is 70.4. The van der Waals surface area contributed by atoms with Crippen LogP contribution in [0.15, 0.2) is 0 Å². The quantitative estimate of drug-likeness (QED) is 0.573. The average molecular weight is 164 g/mol. The summed E-state index contributed by atoms with van der Waals surface area (Å²) in [6.07, 6.45) is 3.83. The summed E-state index contributed by atoms with van der Waals surface area (Å²) in [4.78, 5) is 11.5. The van der Waals surface area contributed by atoms with Crippen molar-refractivity contribution in [1.29, 1.82) is 0 Å². The zero-order valence-electron chi connectivity index (χ0n) is 6.92. The number of ketones is 1. The Balaban J connectivity index is 1.90. The molecule has 1 spiro atoms. The molecule has 4 rings (SSSR count). The number of hydrogen-bond acceptors (Lipinski definition) is 2. The van der Waals surface area contributed by atoms with Crippen LogP contribution in [-0.2, 0) is 4.79 Å². The van der Waals surface area contributed by atoms with Crippen molar-refractivity contribution >= 4 is 5.78 Å². The molecule has 5 atom stereocenters. The predicted molar refractivity (Wildman–Crippen MR) is 41.3 cm³/mol. The minimum absolute atomic E-state index is 0.278. The van der Waals surface area contributed by atoms with E-state index >= 15 is 0 Å². The van der Waals surface area contributed by atoms with E-state index in [1.165, 1.54) is 0 Å². The zero-order valence-corrected chi connectivity index (χ0v) is 6.92. The molecular weight excluding hydrogens is 152 g/mol. The van der Waals surface area contributed by atoms with Crippen molar-refractivity contribution < 1.29 is 9.90 Å². The van der Waals surface area contributed by atoms with E-state index in [2.05, 4.69) is 0 Å². The first-order valence-electron chi connectivity index (χ1n) is 4.92. The maximum Gasteiger partial charge on any atom is 0.140 e. The van der Waals surface area contributed by atoms with Gasteiger partial charge in [0.05, 0.1) is 5.60 Å². The van der Waals surface area contributed by atoms with Gasteiger partial charge in [0.2, 0.25) is 0 Å². The Kier molecular flexibility index (Phi) is 0.661. The molecule has 2 heteroatoms. The lowest BCUT2D eigenvalue weighted by Crippen LogP contribution is -2.66. The van der Waals surface area contributed by atoms with Gasteiger partial charge < -0.3 is 5.11 Å². The second kappa shape index (κ2) is 1.29. The summed E-state index contributed by atoms with van der Waals surface area (Å²) in [5, 5.41) is 10.1. The van der Waals surface area contributed by atoms with Gasteiger partial charge in [0.25, 0.3) is 0 Å². The molecule has 0 heterocycles. The average Bonchev–Trinajstić information content (AvgIpc) is 2.42. The molecule has 5 unspecified atom stereocenters. The third kappa shape index (κ3) is 0.344. The Bertz CT molecular complexity index is 311. The van der Waals surface area contributed by atoms with E-state index < -0.39 is 5.60 Å². The van der Waals surface area contributed by atoms with Crippen molar-refractivity contribution in [3.8, 4) is 0 Å². The van der Waals surface area contributed by atoms with E-state index in [1.54, 1.807) is 0 Å². The monoisotopic (exact) mass is 164 g/mol.